The Morgan fingerprint density at radius 3 is 2.89 bits per heavy atom. The summed E-state index contributed by atoms with van der Waals surface area (Å²) in [5, 5.41) is 1.00. The number of nitrogens with zero attached hydrogens (tertiary/aromatic N) is 2. The van der Waals surface area contributed by atoms with Crippen molar-refractivity contribution < 1.29 is 0 Å². The summed E-state index contributed by atoms with van der Waals surface area (Å²) >= 11 is 0. The molecule has 0 atom stereocenters. The molecule has 18 heavy (non-hydrogen) atoms. The number of aryl methyl sites for hydroxylation is 1. The van der Waals surface area contributed by atoms with Gasteiger partial charge >= 0.3 is 0 Å². The summed E-state index contributed by atoms with van der Waals surface area (Å²) in [6, 6.07) is 5.84. The van der Waals surface area contributed by atoms with Crippen molar-refractivity contribution in [3.05, 3.63) is 40.3 Å². The van der Waals surface area contributed by atoms with Crippen molar-refractivity contribution in [2.45, 2.75) is 33.1 Å². The second-order valence-electron chi connectivity index (χ2n) is 4.38. The van der Waals surface area contributed by atoms with E-state index in [1.54, 1.807) is 10.9 Å². The minimum absolute atomic E-state index is 0.0245. The smallest absolute Gasteiger partial charge is 0.274 e. The van der Waals surface area contributed by atoms with Crippen molar-refractivity contribution in [2.75, 3.05) is 12.0 Å². The van der Waals surface area contributed by atoms with Gasteiger partial charge < -0.3 is 5.43 Å². The molecule has 0 spiro atoms. The highest BCUT2D eigenvalue weighted by molar-refractivity contribution is 5.75. The first-order chi connectivity index (χ1) is 8.77. The van der Waals surface area contributed by atoms with Gasteiger partial charge in [0, 0.05) is 23.7 Å². The molecule has 2 rings (SSSR count). The maximum atomic E-state index is 12.3. The van der Waals surface area contributed by atoms with E-state index in [4.69, 9.17) is 0 Å². The number of pyridine rings is 2. The molecule has 0 aliphatic heterocycles. The summed E-state index contributed by atoms with van der Waals surface area (Å²) in [5.41, 5.74) is 4.72. The second-order valence-corrected chi connectivity index (χ2v) is 4.38. The number of aromatic nitrogens is 2. The summed E-state index contributed by atoms with van der Waals surface area (Å²) in [5.74, 6) is 0. The number of rotatable bonds is 5. The SMILES string of the molecule is CCCNn1c(=O)c(CCC)cc2cccnc21. The number of hydrogen-bond donors (Lipinski definition) is 1. The zero-order valence-electron chi connectivity index (χ0n) is 10.9. The normalized spacial score (nSPS) is 10.8. The molecule has 2 aromatic heterocycles. The molecule has 1 N–H and O–H groups in total. The molecular weight excluding hydrogens is 226 g/mol. The van der Waals surface area contributed by atoms with Crippen molar-refractivity contribution in [1.82, 2.24) is 9.66 Å². The van der Waals surface area contributed by atoms with E-state index < -0.39 is 0 Å². The highest BCUT2D eigenvalue weighted by Crippen LogP contribution is 2.10. The Morgan fingerprint density at radius 2 is 2.17 bits per heavy atom. The Labute approximate surface area is 107 Å². The van der Waals surface area contributed by atoms with Crippen LogP contribution in [0, 0.1) is 0 Å². The Hall–Kier alpha value is -1.84. The van der Waals surface area contributed by atoms with Crippen LogP contribution in [0.15, 0.2) is 29.2 Å². The van der Waals surface area contributed by atoms with Crippen LogP contribution in [0.2, 0.25) is 0 Å². The largest absolute Gasteiger partial charge is 0.321 e. The standard InChI is InChI=1S/C14H19N3O/c1-3-6-12-10-11-7-5-9-15-13(11)17(14(12)18)16-8-4-2/h5,7,9-10,16H,3-4,6,8H2,1-2H3. The van der Waals surface area contributed by atoms with Crippen molar-refractivity contribution in [3.63, 3.8) is 0 Å². The van der Waals surface area contributed by atoms with Crippen molar-refractivity contribution in [1.29, 1.82) is 0 Å². The third kappa shape index (κ3) is 2.37. The Bertz CT molecular complexity index is 589. The van der Waals surface area contributed by atoms with E-state index >= 15 is 0 Å². The monoisotopic (exact) mass is 245 g/mol. The average molecular weight is 245 g/mol. The summed E-state index contributed by atoms with van der Waals surface area (Å²) in [4.78, 5) is 16.6. The van der Waals surface area contributed by atoms with Crippen molar-refractivity contribution in [2.24, 2.45) is 0 Å². The first-order valence-corrected chi connectivity index (χ1v) is 6.51. The third-order valence-electron chi connectivity index (χ3n) is 2.88. The minimum Gasteiger partial charge on any atom is -0.321 e. The van der Waals surface area contributed by atoms with Gasteiger partial charge in [-0.3, -0.25) is 4.79 Å². The fourth-order valence-corrected chi connectivity index (χ4v) is 2.02. The molecule has 2 heterocycles. The molecule has 0 saturated heterocycles. The van der Waals surface area contributed by atoms with E-state index in [-0.39, 0.29) is 5.56 Å². The van der Waals surface area contributed by atoms with Crippen molar-refractivity contribution in [3.8, 4) is 0 Å². The van der Waals surface area contributed by atoms with E-state index in [0.717, 1.165) is 36.8 Å². The van der Waals surface area contributed by atoms with Crippen LogP contribution in [0.4, 0.5) is 0 Å². The predicted octanol–water partition coefficient (Wildman–Crippen LogP) is 2.30. The maximum absolute atomic E-state index is 12.3. The molecule has 0 fully saturated rings. The summed E-state index contributed by atoms with van der Waals surface area (Å²) in [6.07, 6.45) is 4.45. The van der Waals surface area contributed by atoms with Crippen LogP contribution in [-0.4, -0.2) is 16.2 Å². The van der Waals surface area contributed by atoms with Crippen molar-refractivity contribution >= 4 is 11.0 Å². The van der Waals surface area contributed by atoms with Crippen LogP contribution in [-0.2, 0) is 6.42 Å². The maximum Gasteiger partial charge on any atom is 0.274 e. The lowest BCUT2D eigenvalue weighted by Gasteiger charge is -2.13. The first-order valence-electron chi connectivity index (χ1n) is 6.51. The van der Waals surface area contributed by atoms with Gasteiger partial charge in [0.15, 0.2) is 5.65 Å². The second kappa shape index (κ2) is 5.67. The van der Waals surface area contributed by atoms with E-state index in [1.807, 2.05) is 18.2 Å². The summed E-state index contributed by atoms with van der Waals surface area (Å²) in [6.45, 7) is 4.92. The molecule has 0 amide bonds. The first kappa shape index (κ1) is 12.6. The van der Waals surface area contributed by atoms with Gasteiger partial charge in [0.2, 0.25) is 0 Å². The van der Waals surface area contributed by atoms with Gasteiger partial charge in [-0.15, -0.1) is 0 Å². The van der Waals surface area contributed by atoms with Gasteiger partial charge in [0.25, 0.3) is 5.56 Å². The lowest BCUT2D eigenvalue weighted by Crippen LogP contribution is -2.32. The van der Waals surface area contributed by atoms with E-state index in [9.17, 15) is 4.79 Å². The molecule has 2 aromatic rings. The van der Waals surface area contributed by atoms with Gasteiger partial charge in [0.05, 0.1) is 0 Å². The Kier molecular flexibility index (Phi) is 3.97. The molecule has 4 nitrogen and oxygen atoms in total. The minimum atomic E-state index is 0.0245. The molecule has 0 aliphatic rings. The van der Waals surface area contributed by atoms with E-state index in [2.05, 4.69) is 24.3 Å². The number of hydrogen-bond acceptors (Lipinski definition) is 3. The zero-order valence-corrected chi connectivity index (χ0v) is 10.9. The lowest BCUT2D eigenvalue weighted by atomic mass is 10.1. The summed E-state index contributed by atoms with van der Waals surface area (Å²) in [7, 11) is 0. The molecule has 0 saturated carbocycles. The molecule has 96 valence electrons. The lowest BCUT2D eigenvalue weighted by molar-refractivity contribution is 0.777. The predicted molar refractivity (Wildman–Crippen MR) is 74.5 cm³/mol. The van der Waals surface area contributed by atoms with Gasteiger partial charge in [-0.1, -0.05) is 20.3 Å². The van der Waals surface area contributed by atoms with Gasteiger partial charge in [-0.2, -0.15) is 0 Å². The highest BCUT2D eigenvalue weighted by Gasteiger charge is 2.08. The molecule has 4 heteroatoms. The molecule has 0 bridgehead atoms. The van der Waals surface area contributed by atoms with Crippen LogP contribution in [0.5, 0.6) is 0 Å². The molecule has 0 aromatic carbocycles. The van der Waals surface area contributed by atoms with Crippen LogP contribution < -0.4 is 11.0 Å². The molecular formula is C14H19N3O. The van der Waals surface area contributed by atoms with Crippen LogP contribution in [0.1, 0.15) is 32.3 Å². The molecule has 0 unspecified atom stereocenters. The Morgan fingerprint density at radius 1 is 1.33 bits per heavy atom. The fraction of sp³-hybridized carbons (Fsp3) is 0.429. The average Bonchev–Trinajstić information content (AvgIpc) is 2.39. The van der Waals surface area contributed by atoms with E-state index in [0.29, 0.717) is 5.65 Å². The summed E-state index contributed by atoms with van der Waals surface area (Å²) < 4.78 is 1.59. The van der Waals surface area contributed by atoms with Crippen LogP contribution in [0.3, 0.4) is 0 Å². The molecule has 0 radical (unpaired) electrons. The number of fused-ring (bicyclic) bond motifs is 1. The van der Waals surface area contributed by atoms with Gasteiger partial charge in [-0.25, -0.2) is 9.66 Å². The topological polar surface area (TPSA) is 46.9 Å². The fourth-order valence-electron chi connectivity index (χ4n) is 2.02. The third-order valence-corrected chi connectivity index (χ3v) is 2.88. The zero-order chi connectivity index (χ0) is 13.0. The Balaban J connectivity index is 2.61. The van der Waals surface area contributed by atoms with Crippen LogP contribution in [0.25, 0.3) is 11.0 Å². The quantitative estimate of drug-likeness (QED) is 0.879. The molecule has 0 aliphatic carbocycles. The highest BCUT2D eigenvalue weighted by atomic mass is 16.1. The van der Waals surface area contributed by atoms with Gasteiger partial charge in [0.1, 0.15) is 0 Å². The number of nitrogens with one attached hydrogen (secondary N) is 1. The van der Waals surface area contributed by atoms with E-state index in [1.165, 1.54) is 0 Å². The van der Waals surface area contributed by atoms with Gasteiger partial charge in [-0.05, 0) is 31.0 Å². The van der Waals surface area contributed by atoms with Crippen LogP contribution >= 0.6 is 0 Å².